The van der Waals surface area contributed by atoms with E-state index in [1.807, 2.05) is 13.8 Å². The molecule has 0 spiro atoms. The third-order valence-corrected chi connectivity index (χ3v) is 6.06. The van der Waals surface area contributed by atoms with Crippen LogP contribution in [0.4, 0.5) is 0 Å². The molecule has 0 radical (unpaired) electrons. The lowest BCUT2D eigenvalue weighted by Gasteiger charge is -2.35. The number of fused-ring (bicyclic) bond motifs is 1. The summed E-state index contributed by atoms with van der Waals surface area (Å²) in [7, 11) is 0. The molecule has 1 aromatic carbocycles. The summed E-state index contributed by atoms with van der Waals surface area (Å²) in [6.45, 7) is 21.0. The lowest BCUT2D eigenvalue weighted by atomic mass is 9.67. The Morgan fingerprint density at radius 2 is 1.21 bits per heavy atom. The molecule has 0 saturated carbocycles. The fraction of sp³-hybridized carbons (Fsp3) is 0.419. The molecular formula is C31H42O2. The average molecular weight is 447 g/mol. The summed E-state index contributed by atoms with van der Waals surface area (Å²) in [4.78, 5) is 0. The summed E-state index contributed by atoms with van der Waals surface area (Å²) < 4.78 is 11.8. The molecule has 0 bridgehead atoms. The Morgan fingerprint density at radius 3 is 1.64 bits per heavy atom. The molecule has 1 aliphatic carbocycles. The van der Waals surface area contributed by atoms with Gasteiger partial charge in [-0.2, -0.15) is 0 Å². The third kappa shape index (κ3) is 5.61. The molecule has 1 aromatic rings. The molecule has 0 fully saturated rings. The van der Waals surface area contributed by atoms with E-state index in [2.05, 4.69) is 116 Å². The van der Waals surface area contributed by atoms with E-state index in [1.54, 1.807) is 0 Å². The van der Waals surface area contributed by atoms with Gasteiger partial charge in [0, 0.05) is 0 Å². The minimum absolute atomic E-state index is 0.160. The zero-order chi connectivity index (χ0) is 24.8. The highest BCUT2D eigenvalue weighted by Crippen LogP contribution is 2.57. The summed E-state index contributed by atoms with van der Waals surface area (Å²) in [6.07, 6.45) is 13.5. The van der Waals surface area contributed by atoms with Crippen molar-refractivity contribution in [2.75, 3.05) is 0 Å². The molecule has 2 rings (SSSR count). The van der Waals surface area contributed by atoms with Crippen molar-refractivity contribution in [1.82, 2.24) is 0 Å². The van der Waals surface area contributed by atoms with E-state index in [1.165, 1.54) is 33.4 Å². The molecule has 0 unspecified atom stereocenters. The standard InChI is InChI=1S/C31H42O2/c1-11-27-28-15-13-14-16-30(28)31(29(27)12-2,23(7)17-19-25(9)32-21(3)4)24(8)18-20-26(10)33-22(5)6/h11-22H,1-10H3/b23-17+,24-18+,25-19+,26-20+,27-11-,29-12+. The van der Waals surface area contributed by atoms with Crippen molar-refractivity contribution < 1.29 is 9.47 Å². The van der Waals surface area contributed by atoms with Gasteiger partial charge in [0.2, 0.25) is 0 Å². The second-order valence-corrected chi connectivity index (χ2v) is 9.29. The second-order valence-electron chi connectivity index (χ2n) is 9.29. The normalized spacial score (nSPS) is 19.6. The first-order chi connectivity index (χ1) is 15.6. The van der Waals surface area contributed by atoms with E-state index in [0.29, 0.717) is 0 Å². The largest absolute Gasteiger partial charge is 0.496 e. The minimum Gasteiger partial charge on any atom is -0.496 e. The Morgan fingerprint density at radius 1 is 0.727 bits per heavy atom. The maximum absolute atomic E-state index is 5.89. The van der Waals surface area contributed by atoms with Crippen LogP contribution >= 0.6 is 0 Å². The number of hydrogen-bond donors (Lipinski definition) is 0. The highest BCUT2D eigenvalue weighted by atomic mass is 16.5. The van der Waals surface area contributed by atoms with Crippen LogP contribution in [0.25, 0.3) is 5.57 Å². The summed E-state index contributed by atoms with van der Waals surface area (Å²) in [5.74, 6) is 1.84. The van der Waals surface area contributed by atoms with Crippen molar-refractivity contribution in [2.45, 2.75) is 86.9 Å². The van der Waals surface area contributed by atoms with E-state index in [0.717, 1.165) is 11.5 Å². The molecule has 0 amide bonds. The Kier molecular flexibility index (Phi) is 9.16. The third-order valence-electron chi connectivity index (χ3n) is 6.06. The van der Waals surface area contributed by atoms with Crippen molar-refractivity contribution in [3.63, 3.8) is 0 Å². The monoisotopic (exact) mass is 446 g/mol. The van der Waals surface area contributed by atoms with Crippen molar-refractivity contribution in [3.8, 4) is 0 Å². The first kappa shape index (κ1) is 26.5. The molecule has 0 atom stereocenters. The number of benzene rings is 1. The molecule has 178 valence electrons. The van der Waals surface area contributed by atoms with Crippen LogP contribution in [0.5, 0.6) is 0 Å². The molecule has 0 aliphatic heterocycles. The van der Waals surface area contributed by atoms with Crippen molar-refractivity contribution >= 4 is 5.57 Å². The second kappa shape index (κ2) is 11.4. The van der Waals surface area contributed by atoms with E-state index in [9.17, 15) is 0 Å². The SMILES string of the molecule is C/C=C1\C(=C/C)C(/C(C)=C/C=C(\C)OC(C)C)(/C(C)=C/C=C(\C)OC(C)C)c2ccccc21. The lowest BCUT2D eigenvalue weighted by molar-refractivity contribution is 0.149. The van der Waals surface area contributed by atoms with Gasteiger partial charge >= 0.3 is 0 Å². The zero-order valence-corrected chi connectivity index (χ0v) is 22.2. The van der Waals surface area contributed by atoms with Gasteiger partial charge in [-0.25, -0.2) is 0 Å². The summed E-state index contributed by atoms with van der Waals surface area (Å²) >= 11 is 0. The fourth-order valence-electron chi connectivity index (χ4n) is 4.94. The van der Waals surface area contributed by atoms with Gasteiger partial charge in [0.1, 0.15) is 0 Å². The molecule has 0 saturated heterocycles. The molecule has 0 N–H and O–H groups in total. The Bertz CT molecular complexity index is 981. The smallest absolute Gasteiger partial charge is 0.0932 e. The van der Waals surface area contributed by atoms with Crippen LogP contribution in [0, 0.1) is 0 Å². The predicted molar refractivity (Wildman–Crippen MR) is 143 cm³/mol. The van der Waals surface area contributed by atoms with Crippen molar-refractivity contribution in [3.05, 3.63) is 100 Å². The first-order valence-electron chi connectivity index (χ1n) is 12.1. The Hall–Kier alpha value is -2.74. The molecule has 0 heterocycles. The highest BCUT2D eigenvalue weighted by Gasteiger charge is 2.47. The van der Waals surface area contributed by atoms with Gasteiger partial charge < -0.3 is 9.47 Å². The quantitative estimate of drug-likeness (QED) is 0.293. The van der Waals surface area contributed by atoms with Crippen LogP contribution in [-0.2, 0) is 14.9 Å². The molecular weight excluding hydrogens is 404 g/mol. The van der Waals surface area contributed by atoms with Gasteiger partial charge in [-0.1, -0.05) is 59.7 Å². The van der Waals surface area contributed by atoms with Crippen LogP contribution < -0.4 is 0 Å². The van der Waals surface area contributed by atoms with Crippen molar-refractivity contribution in [2.24, 2.45) is 0 Å². The Labute approximate surface area is 202 Å². The van der Waals surface area contributed by atoms with E-state index >= 15 is 0 Å². The number of allylic oxidation sites excluding steroid dienone is 12. The van der Waals surface area contributed by atoms with Crippen LogP contribution in [0.1, 0.15) is 80.4 Å². The summed E-state index contributed by atoms with van der Waals surface area (Å²) in [6, 6.07) is 8.78. The maximum Gasteiger partial charge on any atom is 0.0932 e. The molecule has 33 heavy (non-hydrogen) atoms. The number of hydrogen-bond acceptors (Lipinski definition) is 2. The van der Waals surface area contributed by atoms with E-state index < -0.39 is 0 Å². The summed E-state index contributed by atoms with van der Waals surface area (Å²) in [5, 5.41) is 0. The van der Waals surface area contributed by atoms with Crippen LogP contribution in [0.2, 0.25) is 0 Å². The molecule has 2 heteroatoms. The van der Waals surface area contributed by atoms with Gasteiger partial charge in [0.05, 0.1) is 29.1 Å². The highest BCUT2D eigenvalue weighted by molar-refractivity contribution is 5.93. The minimum atomic E-state index is -0.351. The Balaban J connectivity index is 2.81. The first-order valence-corrected chi connectivity index (χ1v) is 12.1. The van der Waals surface area contributed by atoms with Crippen LogP contribution in [0.15, 0.2) is 89.0 Å². The predicted octanol–water partition coefficient (Wildman–Crippen LogP) is 8.84. The van der Waals surface area contributed by atoms with Gasteiger partial charge in [0.25, 0.3) is 0 Å². The van der Waals surface area contributed by atoms with Crippen LogP contribution in [0.3, 0.4) is 0 Å². The van der Waals surface area contributed by atoms with Crippen molar-refractivity contribution in [1.29, 1.82) is 0 Å². The van der Waals surface area contributed by atoms with Gasteiger partial charge in [-0.3, -0.25) is 0 Å². The van der Waals surface area contributed by atoms with Gasteiger partial charge in [-0.15, -0.1) is 0 Å². The zero-order valence-electron chi connectivity index (χ0n) is 22.2. The van der Waals surface area contributed by atoms with E-state index in [4.69, 9.17) is 9.47 Å². The molecule has 1 aliphatic rings. The number of rotatable bonds is 8. The van der Waals surface area contributed by atoms with E-state index in [-0.39, 0.29) is 17.6 Å². The van der Waals surface area contributed by atoms with Gasteiger partial charge in [0.15, 0.2) is 0 Å². The fourth-order valence-corrected chi connectivity index (χ4v) is 4.94. The van der Waals surface area contributed by atoms with Gasteiger partial charge in [-0.05, 0) is 104 Å². The maximum atomic E-state index is 5.89. The average Bonchev–Trinajstić information content (AvgIpc) is 3.05. The van der Waals surface area contributed by atoms with Crippen LogP contribution in [-0.4, -0.2) is 12.2 Å². The summed E-state index contributed by atoms with van der Waals surface area (Å²) in [5.41, 5.74) is 7.41. The molecule has 0 aromatic heterocycles. The number of ether oxygens (including phenoxy) is 2. The molecule has 2 nitrogen and oxygen atoms in total. The topological polar surface area (TPSA) is 18.5 Å². The lowest BCUT2D eigenvalue weighted by Crippen LogP contribution is -2.28.